The number of amides is 2. The van der Waals surface area contributed by atoms with E-state index < -0.39 is 5.54 Å². The lowest BCUT2D eigenvalue weighted by atomic mass is 10.0. The highest BCUT2D eigenvalue weighted by atomic mass is 16.3. The van der Waals surface area contributed by atoms with E-state index in [2.05, 4.69) is 10.6 Å². The van der Waals surface area contributed by atoms with Gasteiger partial charge >= 0.3 is 0 Å². The van der Waals surface area contributed by atoms with Gasteiger partial charge in [0.1, 0.15) is 0 Å². The second-order valence-electron chi connectivity index (χ2n) is 3.53. The molecule has 1 atom stereocenters. The van der Waals surface area contributed by atoms with E-state index in [-0.39, 0.29) is 25.0 Å². The topological polar surface area (TPSA) is 78.4 Å². The van der Waals surface area contributed by atoms with Crippen LogP contribution in [0.25, 0.3) is 0 Å². The molecule has 2 amide bonds. The fourth-order valence-electron chi connectivity index (χ4n) is 0.825. The van der Waals surface area contributed by atoms with E-state index in [0.717, 1.165) is 0 Å². The van der Waals surface area contributed by atoms with Crippen LogP contribution in [0.15, 0.2) is 0 Å². The van der Waals surface area contributed by atoms with Crippen molar-refractivity contribution in [2.24, 2.45) is 0 Å². The van der Waals surface area contributed by atoms with Crippen molar-refractivity contribution in [1.29, 1.82) is 0 Å². The Bertz CT molecular complexity index is 212. The molecule has 0 heterocycles. The Labute approximate surface area is 83.9 Å². The maximum Gasteiger partial charge on any atom is 0.239 e. The molecule has 0 aromatic rings. The van der Waals surface area contributed by atoms with Gasteiger partial charge in [-0.15, -0.1) is 0 Å². The van der Waals surface area contributed by atoms with Crippen LogP contribution < -0.4 is 10.6 Å². The molecule has 0 radical (unpaired) electrons. The Hall–Kier alpha value is -1.10. The molecule has 0 aromatic heterocycles. The fraction of sp³-hybridized carbons (Fsp3) is 0.778. The van der Waals surface area contributed by atoms with Gasteiger partial charge in [0.05, 0.1) is 18.7 Å². The first kappa shape index (κ1) is 12.9. The number of aliphatic hydroxyl groups excluding tert-OH is 1. The quantitative estimate of drug-likeness (QED) is 0.557. The summed E-state index contributed by atoms with van der Waals surface area (Å²) in [6, 6.07) is 0. The second kappa shape index (κ2) is 5.59. The molecule has 1 unspecified atom stereocenters. The molecule has 0 aliphatic rings. The smallest absolute Gasteiger partial charge is 0.239 e. The molecule has 0 bridgehead atoms. The average Bonchev–Trinajstić information content (AvgIpc) is 2.14. The van der Waals surface area contributed by atoms with Gasteiger partial charge in [-0.1, -0.05) is 6.92 Å². The Morgan fingerprint density at radius 3 is 2.36 bits per heavy atom. The molecule has 3 N–H and O–H groups in total. The van der Waals surface area contributed by atoms with Crippen LogP contribution in [0.5, 0.6) is 0 Å². The third-order valence-corrected chi connectivity index (χ3v) is 2.07. The zero-order valence-corrected chi connectivity index (χ0v) is 8.89. The molecule has 5 heteroatoms. The maximum absolute atomic E-state index is 11.2. The normalized spacial score (nSPS) is 14.3. The number of carbonyl (C=O) groups is 2. The van der Waals surface area contributed by atoms with Gasteiger partial charge in [0.15, 0.2) is 0 Å². The highest BCUT2D eigenvalue weighted by molar-refractivity contribution is 5.84. The van der Waals surface area contributed by atoms with Gasteiger partial charge in [-0.25, -0.2) is 0 Å². The number of rotatable bonds is 5. The van der Waals surface area contributed by atoms with Crippen LogP contribution in [0.1, 0.15) is 27.2 Å². The molecule has 5 nitrogen and oxygen atoms in total. The van der Waals surface area contributed by atoms with Gasteiger partial charge in [0, 0.05) is 6.92 Å². The van der Waals surface area contributed by atoms with Crippen molar-refractivity contribution < 1.29 is 14.7 Å². The van der Waals surface area contributed by atoms with Gasteiger partial charge in [0.2, 0.25) is 11.8 Å². The number of nitrogens with one attached hydrogen (secondary N) is 2. The lowest BCUT2D eigenvalue weighted by Gasteiger charge is -2.27. The predicted molar refractivity (Wildman–Crippen MR) is 52.6 cm³/mol. The highest BCUT2D eigenvalue weighted by Gasteiger charge is 2.22. The van der Waals surface area contributed by atoms with Crippen LogP contribution in [0.3, 0.4) is 0 Å². The first-order valence-corrected chi connectivity index (χ1v) is 4.60. The Morgan fingerprint density at radius 2 is 2.00 bits per heavy atom. The van der Waals surface area contributed by atoms with Crippen molar-refractivity contribution in [1.82, 2.24) is 10.6 Å². The zero-order chi connectivity index (χ0) is 11.2. The van der Waals surface area contributed by atoms with Crippen molar-refractivity contribution in [2.45, 2.75) is 32.7 Å². The number of hydrogen-bond acceptors (Lipinski definition) is 3. The van der Waals surface area contributed by atoms with Gasteiger partial charge in [-0.2, -0.15) is 0 Å². The van der Waals surface area contributed by atoms with Gasteiger partial charge in [-0.3, -0.25) is 9.59 Å². The summed E-state index contributed by atoms with van der Waals surface area (Å²) in [4.78, 5) is 21.8. The first-order chi connectivity index (χ1) is 6.43. The molecule has 0 spiro atoms. The Balaban J connectivity index is 3.97. The number of aliphatic hydroxyl groups is 1. The summed E-state index contributed by atoms with van der Waals surface area (Å²) < 4.78 is 0. The van der Waals surface area contributed by atoms with E-state index in [1.165, 1.54) is 6.92 Å². The first-order valence-electron chi connectivity index (χ1n) is 4.60. The molecule has 0 rings (SSSR count). The van der Waals surface area contributed by atoms with Crippen molar-refractivity contribution in [3.05, 3.63) is 0 Å². The maximum atomic E-state index is 11.2. The monoisotopic (exact) mass is 202 g/mol. The summed E-state index contributed by atoms with van der Waals surface area (Å²) in [5.74, 6) is -0.541. The molecule has 82 valence electrons. The molecule has 0 fully saturated rings. The van der Waals surface area contributed by atoms with Gasteiger partial charge in [0.25, 0.3) is 0 Å². The molecule has 0 aliphatic carbocycles. The van der Waals surface area contributed by atoms with Crippen molar-refractivity contribution in [3.63, 3.8) is 0 Å². The molecule has 0 saturated heterocycles. The van der Waals surface area contributed by atoms with E-state index in [1.54, 1.807) is 6.92 Å². The average molecular weight is 202 g/mol. The van der Waals surface area contributed by atoms with Gasteiger partial charge < -0.3 is 15.7 Å². The largest absolute Gasteiger partial charge is 0.394 e. The summed E-state index contributed by atoms with van der Waals surface area (Å²) >= 11 is 0. The predicted octanol–water partition coefficient (Wildman–Crippen LogP) is -0.600. The molecule has 14 heavy (non-hydrogen) atoms. The summed E-state index contributed by atoms with van der Waals surface area (Å²) in [6.45, 7) is 4.80. The summed E-state index contributed by atoms with van der Waals surface area (Å²) in [7, 11) is 0. The van der Waals surface area contributed by atoms with Crippen LogP contribution in [0, 0.1) is 0 Å². The Kier molecular flexibility index (Phi) is 5.15. The van der Waals surface area contributed by atoms with Gasteiger partial charge in [-0.05, 0) is 13.3 Å². The minimum Gasteiger partial charge on any atom is -0.394 e. The molecular weight excluding hydrogens is 184 g/mol. The van der Waals surface area contributed by atoms with Crippen LogP contribution >= 0.6 is 0 Å². The third-order valence-electron chi connectivity index (χ3n) is 2.07. The minimum atomic E-state index is -0.602. The standard InChI is InChI=1S/C9H18N2O3/c1-4-9(3,6-12)11-8(14)5-10-7(2)13/h12H,4-6H2,1-3H3,(H,10,13)(H,11,14). The SMILES string of the molecule is CCC(C)(CO)NC(=O)CNC(C)=O. The van der Waals surface area contributed by atoms with E-state index in [9.17, 15) is 9.59 Å². The molecule has 0 saturated carbocycles. The zero-order valence-electron chi connectivity index (χ0n) is 8.89. The molecular formula is C9H18N2O3. The lowest BCUT2D eigenvalue weighted by molar-refractivity contribution is -0.126. The second-order valence-corrected chi connectivity index (χ2v) is 3.53. The fourth-order valence-corrected chi connectivity index (χ4v) is 0.825. The van der Waals surface area contributed by atoms with E-state index in [1.807, 2.05) is 6.92 Å². The van der Waals surface area contributed by atoms with Crippen LogP contribution in [0.2, 0.25) is 0 Å². The van der Waals surface area contributed by atoms with Crippen LogP contribution in [-0.4, -0.2) is 35.6 Å². The van der Waals surface area contributed by atoms with Crippen LogP contribution in [-0.2, 0) is 9.59 Å². The van der Waals surface area contributed by atoms with Crippen molar-refractivity contribution in [3.8, 4) is 0 Å². The number of hydrogen-bond donors (Lipinski definition) is 3. The third kappa shape index (κ3) is 4.81. The van der Waals surface area contributed by atoms with Crippen LogP contribution in [0.4, 0.5) is 0 Å². The van der Waals surface area contributed by atoms with E-state index in [0.29, 0.717) is 6.42 Å². The van der Waals surface area contributed by atoms with E-state index >= 15 is 0 Å². The highest BCUT2D eigenvalue weighted by Crippen LogP contribution is 2.06. The lowest BCUT2D eigenvalue weighted by Crippen LogP contribution is -2.51. The molecule has 0 aliphatic heterocycles. The van der Waals surface area contributed by atoms with Crippen molar-refractivity contribution in [2.75, 3.05) is 13.2 Å². The summed E-state index contributed by atoms with van der Waals surface area (Å²) in [5, 5.41) is 14.0. The summed E-state index contributed by atoms with van der Waals surface area (Å²) in [6.07, 6.45) is 0.634. The van der Waals surface area contributed by atoms with E-state index in [4.69, 9.17) is 5.11 Å². The minimum absolute atomic E-state index is 0.0507. The summed E-state index contributed by atoms with van der Waals surface area (Å²) in [5.41, 5.74) is -0.602. The Morgan fingerprint density at radius 1 is 1.43 bits per heavy atom. The number of carbonyl (C=O) groups excluding carboxylic acids is 2. The molecule has 0 aromatic carbocycles. The van der Waals surface area contributed by atoms with Crippen molar-refractivity contribution >= 4 is 11.8 Å².